The number of carbonyl (C=O) groups excluding carboxylic acids is 1. The van der Waals surface area contributed by atoms with Gasteiger partial charge in [0.15, 0.2) is 0 Å². The van der Waals surface area contributed by atoms with E-state index in [1.54, 1.807) is 24.1 Å². The summed E-state index contributed by atoms with van der Waals surface area (Å²) in [6.45, 7) is 4.55. The van der Waals surface area contributed by atoms with Gasteiger partial charge in [-0.3, -0.25) is 9.59 Å². The molecule has 1 aliphatic heterocycles. The molecule has 0 saturated carbocycles. The van der Waals surface area contributed by atoms with E-state index in [-0.39, 0.29) is 17.5 Å². The Morgan fingerprint density at radius 3 is 2.71 bits per heavy atom. The molecule has 0 fully saturated rings. The highest BCUT2D eigenvalue weighted by Gasteiger charge is 2.31. The number of likely N-dealkylation sites (N-methyl/N-ethyl adjacent to an activating group) is 1. The van der Waals surface area contributed by atoms with E-state index in [2.05, 4.69) is 4.98 Å². The van der Waals surface area contributed by atoms with E-state index in [0.717, 1.165) is 27.8 Å². The van der Waals surface area contributed by atoms with Gasteiger partial charge in [-0.2, -0.15) is 0 Å². The van der Waals surface area contributed by atoms with Gasteiger partial charge < -0.3 is 14.6 Å². The summed E-state index contributed by atoms with van der Waals surface area (Å²) in [5.74, 6) is -0.139. The first-order valence-corrected chi connectivity index (χ1v) is 9.23. The van der Waals surface area contributed by atoms with Crippen LogP contribution in [-0.2, 0) is 11.3 Å². The van der Waals surface area contributed by atoms with Crippen LogP contribution in [0.1, 0.15) is 38.8 Å². The van der Waals surface area contributed by atoms with Gasteiger partial charge in [0.05, 0.1) is 19.3 Å². The Labute approximate surface area is 164 Å². The fourth-order valence-corrected chi connectivity index (χ4v) is 3.79. The molecular formula is C22H21BN2O3. The number of ether oxygens (including phenoxy) is 1. The smallest absolute Gasteiger partial charge is 0.256 e. The van der Waals surface area contributed by atoms with Crippen LogP contribution in [0, 0.1) is 13.8 Å². The lowest BCUT2D eigenvalue weighted by Gasteiger charge is -2.34. The number of fused-ring (bicyclic) bond motifs is 3. The molecule has 2 radical (unpaired) electrons. The molecule has 1 aliphatic rings. The Bertz CT molecular complexity index is 1150. The van der Waals surface area contributed by atoms with Gasteiger partial charge in [0.25, 0.3) is 11.5 Å². The average molecular weight is 372 g/mol. The van der Waals surface area contributed by atoms with E-state index < -0.39 is 0 Å². The third-order valence-electron chi connectivity index (χ3n) is 5.47. The number of nitrogens with zero attached hydrogens (tertiary/aromatic N) is 1. The number of rotatable bonds is 2. The summed E-state index contributed by atoms with van der Waals surface area (Å²) in [7, 11) is 7.74. The van der Waals surface area contributed by atoms with Crippen LogP contribution in [0.4, 0.5) is 0 Å². The third-order valence-corrected chi connectivity index (χ3v) is 5.47. The zero-order valence-electron chi connectivity index (χ0n) is 16.2. The Hall–Kier alpha value is -2.86. The maximum absolute atomic E-state index is 13.1. The van der Waals surface area contributed by atoms with Crippen LogP contribution in [0.2, 0.25) is 0 Å². The fraction of sp³-hybridized carbons (Fsp3) is 0.273. The van der Waals surface area contributed by atoms with Gasteiger partial charge in [-0.1, -0.05) is 40.9 Å². The first kappa shape index (κ1) is 18.5. The summed E-state index contributed by atoms with van der Waals surface area (Å²) in [6.07, 6.45) is 0. The molecule has 6 heteroatoms. The minimum absolute atomic E-state index is 0.137. The van der Waals surface area contributed by atoms with Crippen molar-refractivity contribution in [2.75, 3.05) is 13.7 Å². The van der Waals surface area contributed by atoms with Gasteiger partial charge in [-0.25, -0.2) is 0 Å². The Kier molecular flexibility index (Phi) is 4.59. The number of aryl methyl sites for hydroxylation is 2. The van der Waals surface area contributed by atoms with Gasteiger partial charge >= 0.3 is 0 Å². The van der Waals surface area contributed by atoms with Crippen LogP contribution in [0.25, 0.3) is 10.8 Å². The number of benzene rings is 2. The standard InChI is InChI=1S/C22H21BN2O3/c1-12-4-7-15-16(8-12)21(26)24-18-10-28-11-19(20(15)18)25(3)22(27)14-6-5-13(2)17(23)9-14/h4-9,19H,10-11H2,1-3H3,(H,24,26). The van der Waals surface area contributed by atoms with E-state index >= 15 is 0 Å². The van der Waals surface area contributed by atoms with Crippen molar-refractivity contribution >= 4 is 30.0 Å². The molecule has 0 saturated heterocycles. The first-order chi connectivity index (χ1) is 13.4. The molecule has 1 atom stereocenters. The molecule has 5 nitrogen and oxygen atoms in total. The number of H-pyrrole nitrogens is 1. The Balaban J connectivity index is 1.81. The summed E-state index contributed by atoms with van der Waals surface area (Å²) in [5.41, 5.74) is 4.59. The molecule has 2 heterocycles. The van der Waals surface area contributed by atoms with Gasteiger partial charge in [0, 0.05) is 29.3 Å². The molecule has 140 valence electrons. The van der Waals surface area contributed by atoms with E-state index in [1.807, 2.05) is 38.1 Å². The number of hydrogen-bond acceptors (Lipinski definition) is 3. The van der Waals surface area contributed by atoms with Crippen LogP contribution >= 0.6 is 0 Å². The van der Waals surface area contributed by atoms with Crippen molar-refractivity contribution in [1.29, 1.82) is 0 Å². The summed E-state index contributed by atoms with van der Waals surface area (Å²) < 4.78 is 5.70. The normalized spacial score (nSPS) is 16.0. The molecule has 1 unspecified atom stereocenters. The lowest BCUT2D eigenvalue weighted by atomic mass is 9.89. The highest BCUT2D eigenvalue weighted by atomic mass is 16.5. The first-order valence-electron chi connectivity index (χ1n) is 9.23. The molecular weight excluding hydrogens is 351 g/mol. The molecule has 0 bridgehead atoms. The summed E-state index contributed by atoms with van der Waals surface area (Å²) >= 11 is 0. The predicted octanol–water partition coefficient (Wildman–Crippen LogP) is 2.28. The summed E-state index contributed by atoms with van der Waals surface area (Å²) in [6, 6.07) is 10.8. The second kappa shape index (κ2) is 6.95. The highest BCUT2D eigenvalue weighted by Crippen LogP contribution is 2.33. The third kappa shape index (κ3) is 3.04. The van der Waals surface area contributed by atoms with Crippen molar-refractivity contribution < 1.29 is 9.53 Å². The molecule has 2 aromatic carbocycles. The molecule has 1 amide bonds. The number of pyridine rings is 1. The van der Waals surface area contributed by atoms with E-state index in [1.165, 1.54) is 0 Å². The topological polar surface area (TPSA) is 62.4 Å². The quantitative estimate of drug-likeness (QED) is 0.703. The van der Waals surface area contributed by atoms with Crippen molar-refractivity contribution in [3.63, 3.8) is 0 Å². The number of nitrogens with one attached hydrogen (secondary N) is 1. The molecule has 3 aromatic rings. The van der Waals surface area contributed by atoms with Crippen molar-refractivity contribution in [3.05, 3.63) is 74.7 Å². The number of amides is 1. The van der Waals surface area contributed by atoms with Crippen LogP contribution < -0.4 is 11.0 Å². The zero-order valence-corrected chi connectivity index (χ0v) is 16.2. The SMILES string of the molecule is [B]c1cc(C(=O)N(C)C2COCc3[nH]c(=O)c4cc(C)ccc4c32)ccc1C. The number of carbonyl (C=O) groups is 1. The Morgan fingerprint density at radius 1 is 1.18 bits per heavy atom. The second-order valence-corrected chi connectivity index (χ2v) is 7.41. The van der Waals surface area contributed by atoms with E-state index in [9.17, 15) is 9.59 Å². The number of aromatic amines is 1. The lowest BCUT2D eigenvalue weighted by molar-refractivity contribution is 0.0336. The highest BCUT2D eigenvalue weighted by molar-refractivity contribution is 6.33. The van der Waals surface area contributed by atoms with Crippen molar-refractivity contribution in [3.8, 4) is 0 Å². The molecule has 0 aliphatic carbocycles. The van der Waals surface area contributed by atoms with E-state index in [4.69, 9.17) is 12.6 Å². The zero-order chi connectivity index (χ0) is 20.0. The fourth-order valence-electron chi connectivity index (χ4n) is 3.79. The minimum atomic E-state index is -0.305. The van der Waals surface area contributed by atoms with Crippen LogP contribution in [0.5, 0.6) is 0 Å². The van der Waals surface area contributed by atoms with Gasteiger partial charge in [0.1, 0.15) is 7.85 Å². The van der Waals surface area contributed by atoms with Crippen molar-refractivity contribution in [2.24, 2.45) is 0 Å². The van der Waals surface area contributed by atoms with Crippen LogP contribution in [-0.4, -0.2) is 37.3 Å². The Morgan fingerprint density at radius 2 is 1.96 bits per heavy atom. The van der Waals surface area contributed by atoms with Crippen LogP contribution in [0.3, 0.4) is 0 Å². The minimum Gasteiger partial charge on any atom is -0.373 e. The lowest BCUT2D eigenvalue weighted by Crippen LogP contribution is -2.37. The number of aromatic nitrogens is 1. The maximum Gasteiger partial charge on any atom is 0.256 e. The summed E-state index contributed by atoms with van der Waals surface area (Å²) in [4.78, 5) is 30.2. The predicted molar refractivity (Wildman–Crippen MR) is 110 cm³/mol. The number of hydrogen-bond donors (Lipinski definition) is 1. The summed E-state index contributed by atoms with van der Waals surface area (Å²) in [5, 5.41) is 1.49. The molecule has 0 spiro atoms. The monoisotopic (exact) mass is 372 g/mol. The largest absolute Gasteiger partial charge is 0.373 e. The molecule has 1 aromatic heterocycles. The molecule has 1 N–H and O–H groups in total. The van der Waals surface area contributed by atoms with Crippen molar-refractivity contribution in [2.45, 2.75) is 26.5 Å². The van der Waals surface area contributed by atoms with Gasteiger partial charge in [-0.05, 0) is 31.4 Å². The van der Waals surface area contributed by atoms with Crippen molar-refractivity contribution in [1.82, 2.24) is 9.88 Å². The van der Waals surface area contributed by atoms with Crippen LogP contribution in [0.15, 0.2) is 41.2 Å². The van der Waals surface area contributed by atoms with Gasteiger partial charge in [-0.15, -0.1) is 0 Å². The molecule has 4 rings (SSSR count). The second-order valence-electron chi connectivity index (χ2n) is 7.41. The van der Waals surface area contributed by atoms with Gasteiger partial charge in [0.2, 0.25) is 0 Å². The average Bonchev–Trinajstić information content (AvgIpc) is 2.68. The maximum atomic E-state index is 13.1. The van der Waals surface area contributed by atoms with E-state index in [0.29, 0.717) is 29.6 Å². The molecule has 28 heavy (non-hydrogen) atoms.